The Morgan fingerprint density at radius 3 is 2.68 bits per heavy atom. The van der Waals surface area contributed by atoms with Gasteiger partial charge in [-0.15, -0.1) is 0 Å². The van der Waals surface area contributed by atoms with E-state index in [4.69, 9.17) is 16.3 Å². The van der Waals surface area contributed by atoms with Crippen molar-refractivity contribution in [2.24, 2.45) is 0 Å². The van der Waals surface area contributed by atoms with Crippen LogP contribution in [-0.2, 0) is 0 Å². The molecule has 0 atom stereocenters. The SMILES string of the molecule is COc1ccc2c(Nc3ccc(F)c(Cl)c3)cc(C)nc2c1. The maximum Gasteiger partial charge on any atom is 0.141 e. The minimum absolute atomic E-state index is 0.0850. The first-order chi connectivity index (χ1) is 10.6. The molecule has 0 saturated carbocycles. The molecule has 112 valence electrons. The number of hydrogen-bond acceptors (Lipinski definition) is 3. The Bertz CT molecular complexity index is 851. The van der Waals surface area contributed by atoms with Crippen LogP contribution in [0.2, 0.25) is 5.02 Å². The molecule has 3 rings (SSSR count). The van der Waals surface area contributed by atoms with Crippen LogP contribution in [0.1, 0.15) is 5.69 Å². The second-order valence-corrected chi connectivity index (χ2v) is 5.36. The van der Waals surface area contributed by atoms with Crippen molar-refractivity contribution >= 4 is 33.9 Å². The highest BCUT2D eigenvalue weighted by Gasteiger charge is 2.07. The standard InChI is InChI=1S/C17H14ClFN2O/c1-10-7-16(21-11-3-6-15(19)14(18)8-11)13-5-4-12(22-2)9-17(13)20-10/h3-9H,1-2H3,(H,20,21). The Morgan fingerprint density at radius 2 is 1.95 bits per heavy atom. The average molecular weight is 317 g/mol. The maximum absolute atomic E-state index is 13.3. The molecule has 0 saturated heterocycles. The second kappa shape index (κ2) is 5.81. The largest absolute Gasteiger partial charge is 0.497 e. The van der Waals surface area contributed by atoms with Crippen LogP contribution in [0.3, 0.4) is 0 Å². The molecule has 0 radical (unpaired) electrons. The molecule has 0 unspecified atom stereocenters. The van der Waals surface area contributed by atoms with Crippen molar-refractivity contribution in [2.45, 2.75) is 6.92 Å². The number of nitrogens with one attached hydrogen (secondary N) is 1. The molecular weight excluding hydrogens is 303 g/mol. The van der Waals surface area contributed by atoms with E-state index in [1.165, 1.54) is 6.07 Å². The summed E-state index contributed by atoms with van der Waals surface area (Å²) in [6.07, 6.45) is 0. The van der Waals surface area contributed by atoms with Crippen molar-refractivity contribution in [1.29, 1.82) is 0 Å². The highest BCUT2D eigenvalue weighted by Crippen LogP contribution is 2.30. The lowest BCUT2D eigenvalue weighted by atomic mass is 10.1. The van der Waals surface area contributed by atoms with E-state index in [1.54, 1.807) is 19.2 Å². The van der Waals surface area contributed by atoms with Crippen LogP contribution < -0.4 is 10.1 Å². The predicted octanol–water partition coefficient (Wildman–Crippen LogP) is 5.09. The van der Waals surface area contributed by atoms with Crippen molar-refractivity contribution in [3.05, 3.63) is 59.0 Å². The Hall–Kier alpha value is -2.33. The molecule has 1 N–H and O–H groups in total. The number of aromatic nitrogens is 1. The zero-order valence-corrected chi connectivity index (χ0v) is 12.9. The first-order valence-electron chi connectivity index (χ1n) is 6.74. The smallest absolute Gasteiger partial charge is 0.141 e. The minimum Gasteiger partial charge on any atom is -0.497 e. The molecule has 3 nitrogen and oxygen atoms in total. The van der Waals surface area contributed by atoms with Gasteiger partial charge < -0.3 is 10.1 Å². The lowest BCUT2D eigenvalue weighted by Crippen LogP contribution is -1.95. The normalized spacial score (nSPS) is 10.7. The fourth-order valence-electron chi connectivity index (χ4n) is 2.30. The van der Waals surface area contributed by atoms with E-state index < -0.39 is 5.82 Å². The van der Waals surface area contributed by atoms with E-state index in [0.29, 0.717) is 5.69 Å². The van der Waals surface area contributed by atoms with Crippen molar-refractivity contribution in [3.63, 3.8) is 0 Å². The molecule has 1 aromatic heterocycles. The number of aryl methyl sites for hydroxylation is 1. The number of methoxy groups -OCH3 is 1. The van der Waals surface area contributed by atoms with Crippen LogP contribution in [0.25, 0.3) is 10.9 Å². The molecular formula is C17H14ClFN2O. The lowest BCUT2D eigenvalue weighted by molar-refractivity contribution is 0.415. The Balaban J connectivity index is 2.07. The monoisotopic (exact) mass is 316 g/mol. The first kappa shape index (κ1) is 14.6. The van der Waals surface area contributed by atoms with Gasteiger partial charge in [-0.05, 0) is 43.3 Å². The number of ether oxygens (including phenoxy) is 1. The molecule has 5 heteroatoms. The third kappa shape index (κ3) is 2.83. The van der Waals surface area contributed by atoms with Crippen molar-refractivity contribution in [3.8, 4) is 5.75 Å². The third-order valence-electron chi connectivity index (χ3n) is 3.34. The number of nitrogens with zero attached hydrogens (tertiary/aromatic N) is 1. The summed E-state index contributed by atoms with van der Waals surface area (Å²) in [5.74, 6) is 0.314. The number of rotatable bonds is 3. The fraction of sp³-hybridized carbons (Fsp3) is 0.118. The summed E-state index contributed by atoms with van der Waals surface area (Å²) in [5, 5.41) is 4.30. The Morgan fingerprint density at radius 1 is 1.14 bits per heavy atom. The summed E-state index contributed by atoms with van der Waals surface area (Å²) < 4.78 is 18.5. The molecule has 0 fully saturated rings. The summed E-state index contributed by atoms with van der Waals surface area (Å²) in [7, 11) is 1.62. The topological polar surface area (TPSA) is 34.1 Å². The van der Waals surface area contributed by atoms with E-state index in [0.717, 1.165) is 28.0 Å². The Kier molecular flexibility index (Phi) is 3.86. The highest BCUT2D eigenvalue weighted by molar-refractivity contribution is 6.31. The second-order valence-electron chi connectivity index (χ2n) is 4.95. The summed E-state index contributed by atoms with van der Waals surface area (Å²) in [5.41, 5.74) is 3.30. The molecule has 0 aliphatic carbocycles. The number of halogens is 2. The van der Waals surface area contributed by atoms with Crippen LogP contribution >= 0.6 is 11.6 Å². The fourth-order valence-corrected chi connectivity index (χ4v) is 2.48. The number of fused-ring (bicyclic) bond motifs is 1. The van der Waals surface area contributed by atoms with Crippen LogP contribution in [-0.4, -0.2) is 12.1 Å². The molecule has 0 aliphatic rings. The zero-order chi connectivity index (χ0) is 15.7. The van der Waals surface area contributed by atoms with Crippen molar-refractivity contribution in [2.75, 3.05) is 12.4 Å². The van der Waals surface area contributed by atoms with E-state index in [-0.39, 0.29) is 5.02 Å². The van der Waals surface area contributed by atoms with Gasteiger partial charge in [-0.1, -0.05) is 11.6 Å². The van der Waals surface area contributed by atoms with Gasteiger partial charge in [0.2, 0.25) is 0 Å². The minimum atomic E-state index is -0.437. The van der Waals surface area contributed by atoms with Gasteiger partial charge in [-0.25, -0.2) is 4.39 Å². The van der Waals surface area contributed by atoms with E-state index in [1.807, 2.05) is 31.2 Å². The highest BCUT2D eigenvalue weighted by atomic mass is 35.5. The average Bonchev–Trinajstić information content (AvgIpc) is 2.50. The van der Waals surface area contributed by atoms with Gasteiger partial charge in [0.1, 0.15) is 11.6 Å². The molecule has 0 bridgehead atoms. The molecule has 1 heterocycles. The predicted molar refractivity (Wildman–Crippen MR) is 87.7 cm³/mol. The van der Waals surface area contributed by atoms with Gasteiger partial charge in [-0.2, -0.15) is 0 Å². The summed E-state index contributed by atoms with van der Waals surface area (Å²) >= 11 is 5.83. The summed E-state index contributed by atoms with van der Waals surface area (Å²) in [6, 6.07) is 12.2. The van der Waals surface area contributed by atoms with Gasteiger partial charge in [0.15, 0.2) is 0 Å². The number of hydrogen-bond donors (Lipinski definition) is 1. The van der Waals surface area contributed by atoms with Crippen LogP contribution in [0, 0.1) is 12.7 Å². The van der Waals surface area contributed by atoms with Gasteiger partial charge in [0.05, 0.1) is 17.6 Å². The van der Waals surface area contributed by atoms with Crippen molar-refractivity contribution in [1.82, 2.24) is 4.98 Å². The Labute approximate surface area is 132 Å². The van der Waals surface area contributed by atoms with Crippen LogP contribution in [0.15, 0.2) is 42.5 Å². The number of pyridine rings is 1. The lowest BCUT2D eigenvalue weighted by Gasteiger charge is -2.12. The molecule has 0 amide bonds. The van der Waals surface area contributed by atoms with Gasteiger partial charge >= 0.3 is 0 Å². The summed E-state index contributed by atoms with van der Waals surface area (Å²) in [4.78, 5) is 4.51. The molecule has 0 aliphatic heterocycles. The van der Waals surface area contributed by atoms with Gasteiger partial charge in [0, 0.05) is 28.5 Å². The molecule has 3 aromatic rings. The van der Waals surface area contributed by atoms with Gasteiger partial charge in [-0.3, -0.25) is 4.98 Å². The first-order valence-corrected chi connectivity index (χ1v) is 7.12. The van der Waals surface area contributed by atoms with Crippen LogP contribution in [0.4, 0.5) is 15.8 Å². The summed E-state index contributed by atoms with van der Waals surface area (Å²) in [6.45, 7) is 1.92. The van der Waals surface area contributed by atoms with E-state index in [2.05, 4.69) is 10.3 Å². The third-order valence-corrected chi connectivity index (χ3v) is 3.63. The number of anilines is 2. The van der Waals surface area contributed by atoms with Crippen molar-refractivity contribution < 1.29 is 9.13 Å². The van der Waals surface area contributed by atoms with E-state index in [9.17, 15) is 4.39 Å². The maximum atomic E-state index is 13.3. The van der Waals surface area contributed by atoms with E-state index >= 15 is 0 Å². The molecule has 0 spiro atoms. The zero-order valence-electron chi connectivity index (χ0n) is 12.2. The quantitative estimate of drug-likeness (QED) is 0.731. The molecule has 22 heavy (non-hydrogen) atoms. The number of benzene rings is 2. The molecule has 2 aromatic carbocycles. The van der Waals surface area contributed by atoms with Crippen LogP contribution in [0.5, 0.6) is 5.75 Å². The van der Waals surface area contributed by atoms with Gasteiger partial charge in [0.25, 0.3) is 0 Å².